The largest absolute Gasteiger partial charge is 0.573 e. The average Bonchev–Trinajstić information content (AvgIpc) is 2.01. The smallest absolute Gasteiger partial charge is 0.405 e. The van der Waals surface area contributed by atoms with Crippen LogP contribution in [0.4, 0.5) is 13.2 Å². The molecule has 0 aliphatic heterocycles. The summed E-state index contributed by atoms with van der Waals surface area (Å²) in [4.78, 5) is 14.0. The Morgan fingerprint density at radius 1 is 1.50 bits per heavy atom. The first kappa shape index (κ1) is 11.0. The summed E-state index contributed by atoms with van der Waals surface area (Å²) >= 11 is 2.83. The molecule has 0 atom stereocenters. The van der Waals surface area contributed by atoms with E-state index in [9.17, 15) is 18.0 Å². The van der Waals surface area contributed by atoms with Gasteiger partial charge in [0, 0.05) is 6.20 Å². The molecule has 0 saturated heterocycles. The number of pyridine rings is 1. The van der Waals surface area contributed by atoms with E-state index < -0.39 is 12.1 Å². The number of nitrogens with zero attached hydrogens (tertiary/aromatic N) is 1. The predicted octanol–water partition coefficient (Wildman–Crippen LogP) is 2.56. The van der Waals surface area contributed by atoms with Gasteiger partial charge in [0.25, 0.3) is 0 Å². The number of ether oxygens (including phenoxy) is 1. The Labute approximate surface area is 85.0 Å². The first-order valence-electron chi connectivity index (χ1n) is 3.29. The van der Waals surface area contributed by atoms with Crippen molar-refractivity contribution in [3.05, 3.63) is 22.4 Å². The topological polar surface area (TPSA) is 39.2 Å². The number of carbonyl (C=O) groups excluding carboxylic acids is 1. The summed E-state index contributed by atoms with van der Waals surface area (Å²) in [6.45, 7) is 0. The van der Waals surface area contributed by atoms with Gasteiger partial charge in [0.1, 0.15) is 10.4 Å². The Kier molecular flexibility index (Phi) is 3.10. The van der Waals surface area contributed by atoms with Gasteiger partial charge in [-0.3, -0.25) is 4.79 Å². The van der Waals surface area contributed by atoms with Crippen LogP contribution in [0.2, 0.25) is 0 Å². The minimum absolute atomic E-state index is 0.00856. The molecule has 3 nitrogen and oxygen atoms in total. The number of alkyl halides is 3. The van der Waals surface area contributed by atoms with E-state index in [4.69, 9.17) is 0 Å². The predicted molar refractivity (Wildman–Crippen MR) is 44.0 cm³/mol. The van der Waals surface area contributed by atoms with E-state index in [0.717, 1.165) is 12.3 Å². The van der Waals surface area contributed by atoms with E-state index in [-0.39, 0.29) is 16.5 Å². The van der Waals surface area contributed by atoms with E-state index in [0.29, 0.717) is 0 Å². The maximum absolute atomic E-state index is 11.8. The summed E-state index contributed by atoms with van der Waals surface area (Å²) in [6, 6.07) is 0.960. The summed E-state index contributed by atoms with van der Waals surface area (Å²) in [5, 5.41) is 0. The van der Waals surface area contributed by atoms with Gasteiger partial charge in [0.2, 0.25) is 0 Å². The van der Waals surface area contributed by atoms with Gasteiger partial charge in [-0.1, -0.05) is 0 Å². The molecule has 14 heavy (non-hydrogen) atoms. The molecule has 1 aromatic rings. The zero-order valence-electron chi connectivity index (χ0n) is 6.51. The highest BCUT2D eigenvalue weighted by Crippen LogP contribution is 2.28. The van der Waals surface area contributed by atoms with Crippen LogP contribution in [-0.2, 0) is 0 Å². The lowest BCUT2D eigenvalue weighted by Crippen LogP contribution is -2.18. The van der Waals surface area contributed by atoms with Gasteiger partial charge in [0.05, 0.1) is 5.56 Å². The normalized spacial score (nSPS) is 11.1. The van der Waals surface area contributed by atoms with Crippen LogP contribution in [-0.4, -0.2) is 17.6 Å². The van der Waals surface area contributed by atoms with Crippen LogP contribution in [0.5, 0.6) is 5.75 Å². The van der Waals surface area contributed by atoms with Crippen LogP contribution < -0.4 is 4.74 Å². The fraction of sp³-hybridized carbons (Fsp3) is 0.143. The van der Waals surface area contributed by atoms with Crippen LogP contribution in [0, 0.1) is 0 Å². The van der Waals surface area contributed by atoms with Crippen molar-refractivity contribution < 1.29 is 22.7 Å². The van der Waals surface area contributed by atoms with Gasteiger partial charge in [0.15, 0.2) is 6.29 Å². The van der Waals surface area contributed by atoms with Gasteiger partial charge < -0.3 is 4.74 Å². The molecule has 76 valence electrons. The molecule has 1 rings (SSSR count). The molecule has 0 aliphatic carbocycles. The Balaban J connectivity index is 3.08. The molecule has 1 heterocycles. The lowest BCUT2D eigenvalue weighted by molar-refractivity contribution is -0.274. The highest BCUT2D eigenvalue weighted by molar-refractivity contribution is 9.10. The third-order valence-corrected chi connectivity index (χ3v) is 1.88. The summed E-state index contributed by atoms with van der Waals surface area (Å²) in [5.41, 5.74) is -0.273. The van der Waals surface area contributed by atoms with E-state index in [1.54, 1.807) is 0 Å². The number of hydrogen-bond acceptors (Lipinski definition) is 3. The molecule has 0 N–H and O–H groups in total. The summed E-state index contributed by atoms with van der Waals surface area (Å²) in [5.74, 6) is -0.575. The lowest BCUT2D eigenvalue weighted by Gasteiger charge is -2.10. The standard InChI is InChI=1S/C7H3BrF3NO2/c8-6-4(3-13)5(1-2-12-6)14-7(9,10)11/h1-3H. The van der Waals surface area contributed by atoms with Crippen molar-refractivity contribution in [1.82, 2.24) is 4.98 Å². The van der Waals surface area contributed by atoms with Crippen molar-refractivity contribution in [2.24, 2.45) is 0 Å². The highest BCUT2D eigenvalue weighted by Gasteiger charge is 2.32. The molecule has 0 saturated carbocycles. The zero-order chi connectivity index (χ0) is 10.8. The van der Waals surface area contributed by atoms with Crippen LogP contribution in [0.1, 0.15) is 10.4 Å². The van der Waals surface area contributed by atoms with Crippen molar-refractivity contribution in [3.8, 4) is 5.75 Å². The molecule has 0 fully saturated rings. The van der Waals surface area contributed by atoms with Crippen LogP contribution in [0.15, 0.2) is 16.9 Å². The van der Waals surface area contributed by atoms with E-state index in [2.05, 4.69) is 25.7 Å². The van der Waals surface area contributed by atoms with Crippen molar-refractivity contribution in [3.63, 3.8) is 0 Å². The summed E-state index contributed by atoms with van der Waals surface area (Å²) in [6.07, 6.45) is -3.49. The maximum atomic E-state index is 11.8. The Morgan fingerprint density at radius 3 is 2.64 bits per heavy atom. The maximum Gasteiger partial charge on any atom is 0.573 e. The number of aldehydes is 1. The molecule has 0 aromatic carbocycles. The SMILES string of the molecule is O=Cc1c(OC(F)(F)F)ccnc1Br. The van der Waals surface area contributed by atoms with Gasteiger partial charge in [-0.15, -0.1) is 13.2 Å². The Bertz CT molecular complexity index is 353. The van der Waals surface area contributed by atoms with Crippen molar-refractivity contribution >= 4 is 22.2 Å². The van der Waals surface area contributed by atoms with Crippen molar-refractivity contribution in [1.29, 1.82) is 0 Å². The van der Waals surface area contributed by atoms with Crippen LogP contribution in [0.3, 0.4) is 0 Å². The van der Waals surface area contributed by atoms with Gasteiger partial charge in [-0.2, -0.15) is 0 Å². The van der Waals surface area contributed by atoms with Gasteiger partial charge in [-0.05, 0) is 22.0 Å². The summed E-state index contributed by atoms with van der Waals surface area (Å²) in [7, 11) is 0. The molecule has 1 aromatic heterocycles. The molecule has 0 bridgehead atoms. The fourth-order valence-electron chi connectivity index (χ4n) is 0.752. The second kappa shape index (κ2) is 3.95. The number of hydrogen-bond donors (Lipinski definition) is 0. The third-order valence-electron chi connectivity index (χ3n) is 1.25. The summed E-state index contributed by atoms with van der Waals surface area (Å²) < 4.78 is 39.1. The second-order valence-corrected chi connectivity index (χ2v) is 2.93. The first-order chi connectivity index (χ1) is 6.44. The molecular weight excluding hydrogens is 267 g/mol. The molecule has 0 radical (unpaired) electrons. The molecule has 0 spiro atoms. The lowest BCUT2D eigenvalue weighted by atomic mass is 10.3. The van der Waals surface area contributed by atoms with E-state index >= 15 is 0 Å². The van der Waals surface area contributed by atoms with Gasteiger partial charge >= 0.3 is 6.36 Å². The van der Waals surface area contributed by atoms with E-state index in [1.807, 2.05) is 0 Å². The Hall–Kier alpha value is -1.11. The van der Waals surface area contributed by atoms with E-state index in [1.165, 1.54) is 0 Å². The highest BCUT2D eigenvalue weighted by atomic mass is 79.9. The minimum atomic E-state index is -4.82. The average molecular weight is 270 g/mol. The Morgan fingerprint density at radius 2 is 2.14 bits per heavy atom. The third kappa shape index (κ3) is 2.69. The zero-order valence-corrected chi connectivity index (χ0v) is 8.09. The number of halogens is 4. The molecule has 7 heteroatoms. The minimum Gasteiger partial charge on any atom is -0.405 e. The molecule has 0 aliphatic rings. The van der Waals surface area contributed by atoms with Gasteiger partial charge in [-0.25, -0.2) is 4.98 Å². The van der Waals surface area contributed by atoms with Crippen LogP contribution >= 0.6 is 15.9 Å². The number of aromatic nitrogens is 1. The number of rotatable bonds is 2. The fourth-order valence-corrected chi connectivity index (χ4v) is 1.16. The quantitative estimate of drug-likeness (QED) is 0.612. The second-order valence-electron chi connectivity index (χ2n) is 2.18. The number of carbonyl (C=O) groups is 1. The van der Waals surface area contributed by atoms with Crippen LogP contribution in [0.25, 0.3) is 0 Å². The molecule has 0 unspecified atom stereocenters. The van der Waals surface area contributed by atoms with Crippen molar-refractivity contribution in [2.75, 3.05) is 0 Å². The molecule has 0 amide bonds. The monoisotopic (exact) mass is 269 g/mol. The first-order valence-corrected chi connectivity index (χ1v) is 4.09. The van der Waals surface area contributed by atoms with Crippen molar-refractivity contribution in [2.45, 2.75) is 6.36 Å². The molecular formula is C7H3BrF3NO2.